The van der Waals surface area contributed by atoms with Crippen molar-refractivity contribution in [2.45, 2.75) is 13.0 Å². The molecule has 2 N–H and O–H groups in total. The number of nitrogens with one attached hydrogen (secondary N) is 2. The van der Waals surface area contributed by atoms with E-state index in [1.165, 1.54) is 7.11 Å². The van der Waals surface area contributed by atoms with Crippen molar-refractivity contribution in [3.63, 3.8) is 0 Å². The number of piperazine rings is 1. The zero-order valence-electron chi connectivity index (χ0n) is 19.3. The molecule has 9 heteroatoms. The number of esters is 1. The molecule has 2 aliphatic rings. The van der Waals surface area contributed by atoms with Gasteiger partial charge in [-0.15, -0.1) is 0 Å². The van der Waals surface area contributed by atoms with Gasteiger partial charge in [-0.25, -0.2) is 9.59 Å². The molecule has 1 atom stereocenters. The fourth-order valence-electron chi connectivity index (χ4n) is 4.40. The fraction of sp³-hybridized carbons (Fsp3) is 0.360. The number of carbonyl (C=O) groups is 2. The van der Waals surface area contributed by atoms with Crippen LogP contribution >= 0.6 is 11.6 Å². The highest BCUT2D eigenvalue weighted by molar-refractivity contribution is 6.31. The molecule has 0 radical (unpaired) electrons. The molecular formula is C25H29ClN4O4. The van der Waals surface area contributed by atoms with Crippen LogP contribution in [0.5, 0.6) is 5.75 Å². The van der Waals surface area contributed by atoms with Crippen molar-refractivity contribution < 1.29 is 19.1 Å². The fourth-order valence-corrected chi connectivity index (χ4v) is 4.65. The van der Waals surface area contributed by atoms with Gasteiger partial charge in [-0.1, -0.05) is 41.9 Å². The van der Waals surface area contributed by atoms with E-state index in [9.17, 15) is 9.59 Å². The van der Waals surface area contributed by atoms with Gasteiger partial charge in [0.2, 0.25) is 0 Å². The molecule has 1 fully saturated rings. The zero-order valence-corrected chi connectivity index (χ0v) is 20.1. The van der Waals surface area contributed by atoms with Crippen LogP contribution in [0, 0.1) is 0 Å². The monoisotopic (exact) mass is 484 g/mol. The Morgan fingerprint density at radius 3 is 2.50 bits per heavy atom. The second kappa shape index (κ2) is 10.8. The summed E-state index contributed by atoms with van der Waals surface area (Å²) < 4.78 is 10.9. The van der Waals surface area contributed by atoms with Crippen LogP contribution in [-0.2, 0) is 9.53 Å². The van der Waals surface area contributed by atoms with Gasteiger partial charge >= 0.3 is 12.0 Å². The van der Waals surface area contributed by atoms with Gasteiger partial charge in [-0.3, -0.25) is 4.90 Å². The van der Waals surface area contributed by atoms with Crippen LogP contribution in [0.25, 0.3) is 0 Å². The molecule has 2 amide bonds. The highest BCUT2D eigenvalue weighted by Gasteiger charge is 2.35. The van der Waals surface area contributed by atoms with Crippen molar-refractivity contribution in [3.8, 4) is 5.75 Å². The summed E-state index contributed by atoms with van der Waals surface area (Å²) in [6.07, 6.45) is 0. The Labute approximate surface area is 204 Å². The van der Waals surface area contributed by atoms with Gasteiger partial charge in [0.15, 0.2) is 0 Å². The molecule has 2 aromatic carbocycles. The van der Waals surface area contributed by atoms with Crippen LogP contribution in [-0.4, -0.2) is 63.3 Å². The summed E-state index contributed by atoms with van der Waals surface area (Å²) in [5.41, 5.74) is 2.62. The first kappa shape index (κ1) is 23.9. The molecule has 0 saturated carbocycles. The summed E-state index contributed by atoms with van der Waals surface area (Å²) in [4.78, 5) is 29.8. The molecular weight excluding hydrogens is 456 g/mol. The van der Waals surface area contributed by atoms with E-state index in [2.05, 4.69) is 26.5 Å². The lowest BCUT2D eigenvalue weighted by Gasteiger charge is -2.38. The number of halogens is 1. The third kappa shape index (κ3) is 5.13. The summed E-state index contributed by atoms with van der Waals surface area (Å²) in [5.74, 6) is 0.374. The predicted molar refractivity (Wildman–Crippen MR) is 131 cm³/mol. The lowest BCUT2D eigenvalue weighted by Crippen LogP contribution is -2.51. The van der Waals surface area contributed by atoms with Gasteiger partial charge in [-0.05, 0) is 30.7 Å². The highest BCUT2D eigenvalue weighted by atomic mass is 35.5. The molecule has 34 heavy (non-hydrogen) atoms. The Morgan fingerprint density at radius 1 is 1.09 bits per heavy atom. The number of carbonyl (C=O) groups excluding carboxylic acids is 2. The Morgan fingerprint density at radius 2 is 1.79 bits per heavy atom. The van der Waals surface area contributed by atoms with E-state index in [1.807, 2.05) is 31.2 Å². The summed E-state index contributed by atoms with van der Waals surface area (Å²) in [7, 11) is 1.33. The lowest BCUT2D eigenvalue weighted by molar-refractivity contribution is -0.136. The molecule has 0 bridgehead atoms. The van der Waals surface area contributed by atoms with Gasteiger partial charge in [0.25, 0.3) is 0 Å². The van der Waals surface area contributed by atoms with Crippen molar-refractivity contribution in [2.24, 2.45) is 0 Å². The number of urea groups is 1. The Hall–Kier alpha value is -3.23. The summed E-state index contributed by atoms with van der Waals surface area (Å²) >= 11 is 6.39. The minimum atomic E-state index is -0.691. The van der Waals surface area contributed by atoms with Gasteiger partial charge < -0.3 is 25.0 Å². The van der Waals surface area contributed by atoms with E-state index in [0.717, 1.165) is 37.6 Å². The number of para-hydroxylation sites is 2. The SMILES string of the molecule is CCOc1ccccc1N1CCN(CC2=C(C(=O)OC)[C@H](c3ccccc3Cl)NC(=O)N2)CC1. The predicted octanol–water partition coefficient (Wildman–Crippen LogP) is 3.34. The smallest absolute Gasteiger partial charge is 0.338 e. The van der Waals surface area contributed by atoms with E-state index >= 15 is 0 Å². The molecule has 4 rings (SSSR count). The van der Waals surface area contributed by atoms with E-state index in [-0.39, 0.29) is 6.03 Å². The first-order chi connectivity index (χ1) is 16.5. The first-order valence-electron chi connectivity index (χ1n) is 11.3. The number of benzene rings is 2. The van der Waals surface area contributed by atoms with Crippen molar-refractivity contribution in [3.05, 3.63) is 70.4 Å². The van der Waals surface area contributed by atoms with Crippen molar-refractivity contribution in [2.75, 3.05) is 51.3 Å². The molecule has 8 nitrogen and oxygen atoms in total. The van der Waals surface area contributed by atoms with Crippen molar-refractivity contribution in [1.29, 1.82) is 0 Å². The van der Waals surface area contributed by atoms with Crippen molar-refractivity contribution >= 4 is 29.3 Å². The Bertz CT molecular complexity index is 1080. The average Bonchev–Trinajstić information content (AvgIpc) is 2.85. The van der Waals surface area contributed by atoms with Crippen LogP contribution in [0.1, 0.15) is 18.5 Å². The van der Waals surface area contributed by atoms with Gasteiger partial charge in [0.05, 0.1) is 31.0 Å². The molecule has 0 unspecified atom stereocenters. The normalized spacial score (nSPS) is 18.9. The van der Waals surface area contributed by atoms with E-state index in [1.54, 1.807) is 18.2 Å². The van der Waals surface area contributed by atoms with E-state index < -0.39 is 12.0 Å². The average molecular weight is 485 g/mol. The maximum Gasteiger partial charge on any atom is 0.338 e. The lowest BCUT2D eigenvalue weighted by atomic mass is 9.95. The van der Waals surface area contributed by atoms with Crippen LogP contribution < -0.4 is 20.3 Å². The van der Waals surface area contributed by atoms with Gasteiger partial charge in [-0.2, -0.15) is 0 Å². The van der Waals surface area contributed by atoms with E-state index in [4.69, 9.17) is 21.1 Å². The number of amides is 2. The quantitative estimate of drug-likeness (QED) is 0.586. The maximum absolute atomic E-state index is 12.8. The highest BCUT2D eigenvalue weighted by Crippen LogP contribution is 2.33. The topological polar surface area (TPSA) is 83.1 Å². The summed E-state index contributed by atoms with van der Waals surface area (Å²) in [6, 6.07) is 14.1. The largest absolute Gasteiger partial charge is 0.492 e. The Balaban J connectivity index is 1.54. The van der Waals surface area contributed by atoms with Gasteiger partial charge in [0, 0.05) is 43.4 Å². The number of hydrogen-bond donors (Lipinski definition) is 2. The first-order valence-corrected chi connectivity index (χ1v) is 11.7. The van der Waals surface area contributed by atoms with Crippen LogP contribution in [0.2, 0.25) is 5.02 Å². The number of nitrogens with zero attached hydrogens (tertiary/aromatic N) is 2. The summed E-state index contributed by atoms with van der Waals surface area (Å²) in [6.45, 7) is 6.12. The number of anilines is 1. The van der Waals surface area contributed by atoms with Crippen LogP contribution in [0.3, 0.4) is 0 Å². The number of hydrogen-bond acceptors (Lipinski definition) is 6. The minimum Gasteiger partial charge on any atom is -0.492 e. The standard InChI is InChI=1S/C25H29ClN4O4/c1-3-34-21-11-7-6-10-20(21)30-14-12-29(13-15-30)16-19-22(24(31)33-2)23(28-25(32)27-19)17-8-4-5-9-18(17)26/h4-11,23H,3,12-16H2,1-2H3,(H2,27,28,32)/t23-/m0/s1. The maximum atomic E-state index is 12.8. The zero-order chi connectivity index (χ0) is 24.1. The molecule has 2 aromatic rings. The second-order valence-corrected chi connectivity index (χ2v) is 8.51. The molecule has 0 spiro atoms. The van der Waals surface area contributed by atoms with E-state index in [0.29, 0.717) is 35.0 Å². The number of ether oxygens (including phenoxy) is 2. The second-order valence-electron chi connectivity index (χ2n) is 8.10. The molecule has 2 heterocycles. The number of rotatable bonds is 7. The molecule has 0 aromatic heterocycles. The third-order valence-corrected chi connectivity index (χ3v) is 6.38. The molecule has 180 valence electrons. The van der Waals surface area contributed by atoms with Crippen LogP contribution in [0.4, 0.5) is 10.5 Å². The van der Waals surface area contributed by atoms with Crippen LogP contribution in [0.15, 0.2) is 59.8 Å². The van der Waals surface area contributed by atoms with Gasteiger partial charge in [0.1, 0.15) is 5.75 Å². The Kier molecular flexibility index (Phi) is 7.59. The molecule has 2 aliphatic heterocycles. The number of methoxy groups -OCH3 is 1. The third-order valence-electron chi connectivity index (χ3n) is 6.03. The van der Waals surface area contributed by atoms with Crippen molar-refractivity contribution in [1.82, 2.24) is 15.5 Å². The summed E-state index contributed by atoms with van der Waals surface area (Å²) in [5, 5.41) is 6.12. The molecule has 0 aliphatic carbocycles. The molecule has 1 saturated heterocycles. The minimum absolute atomic E-state index is 0.360.